The number of para-hydroxylation sites is 1. The van der Waals surface area contributed by atoms with Crippen molar-refractivity contribution in [3.8, 4) is 17.1 Å². The van der Waals surface area contributed by atoms with Gasteiger partial charge in [0.25, 0.3) is 11.2 Å². The summed E-state index contributed by atoms with van der Waals surface area (Å²) >= 11 is 0. The molecule has 1 aromatic carbocycles. The molecule has 0 N–H and O–H groups in total. The molecule has 0 spiro atoms. The minimum absolute atomic E-state index is 0.802. The molecule has 5 aromatic rings. The van der Waals surface area contributed by atoms with Crippen molar-refractivity contribution in [1.82, 2.24) is 14.5 Å². The van der Waals surface area contributed by atoms with E-state index in [1.807, 2.05) is 43.0 Å². The standard InChI is InChI=1S/C20H13N4O/c1-2-4-14(5-3-1)24-17-11-22-9-7-15(17)18-20(24)25-19-16-10-21-8-6-13(16)12-23(18)19/h1-11H,12H2/q+1. The Kier molecular flexibility index (Phi) is 2.34. The SMILES string of the molecule is c1ccc(-n2c3cnccc3c3c2oc2[n+]3Cc3ccncc3-2)cc1. The lowest BCUT2D eigenvalue weighted by molar-refractivity contribution is -0.648. The van der Waals surface area contributed by atoms with Gasteiger partial charge in [0.15, 0.2) is 6.54 Å². The first-order valence-electron chi connectivity index (χ1n) is 8.21. The summed E-state index contributed by atoms with van der Waals surface area (Å²) in [6, 6.07) is 14.4. The lowest BCUT2D eigenvalue weighted by Crippen LogP contribution is -2.30. The third-order valence-electron chi connectivity index (χ3n) is 4.89. The molecule has 25 heavy (non-hydrogen) atoms. The lowest BCUT2D eigenvalue weighted by atomic mass is 10.2. The van der Waals surface area contributed by atoms with E-state index in [2.05, 4.69) is 43.4 Å². The Labute approximate surface area is 142 Å². The zero-order valence-corrected chi connectivity index (χ0v) is 13.3. The smallest absolute Gasteiger partial charge is 0.380 e. The average molecular weight is 325 g/mol. The summed E-state index contributed by atoms with van der Waals surface area (Å²) in [6.07, 6.45) is 7.45. The van der Waals surface area contributed by atoms with Crippen LogP contribution >= 0.6 is 0 Å². The predicted molar refractivity (Wildman–Crippen MR) is 93.4 cm³/mol. The molecule has 5 nitrogen and oxygen atoms in total. The minimum Gasteiger partial charge on any atom is -0.380 e. The van der Waals surface area contributed by atoms with Crippen LogP contribution in [0, 0.1) is 0 Å². The van der Waals surface area contributed by atoms with Gasteiger partial charge in [0.2, 0.25) is 0 Å². The first kappa shape index (κ1) is 12.9. The van der Waals surface area contributed by atoms with E-state index in [4.69, 9.17) is 4.42 Å². The van der Waals surface area contributed by atoms with Gasteiger partial charge in [-0.05, 0) is 24.3 Å². The number of oxazole rings is 1. The van der Waals surface area contributed by atoms with E-state index in [-0.39, 0.29) is 0 Å². The van der Waals surface area contributed by atoms with Crippen molar-refractivity contribution in [2.45, 2.75) is 6.54 Å². The van der Waals surface area contributed by atoms with Crippen LogP contribution in [-0.2, 0) is 6.54 Å². The topological polar surface area (TPSA) is 47.7 Å². The van der Waals surface area contributed by atoms with Crippen LogP contribution in [0.1, 0.15) is 5.56 Å². The maximum atomic E-state index is 6.37. The minimum atomic E-state index is 0.802. The fourth-order valence-corrected chi connectivity index (χ4v) is 3.81. The normalized spacial score (nSPS) is 12.6. The Bertz CT molecular complexity index is 1270. The van der Waals surface area contributed by atoms with Gasteiger partial charge in [0, 0.05) is 29.8 Å². The third kappa shape index (κ3) is 1.59. The molecule has 0 bridgehead atoms. The van der Waals surface area contributed by atoms with Crippen LogP contribution in [0.4, 0.5) is 0 Å². The molecule has 0 unspecified atom stereocenters. The van der Waals surface area contributed by atoms with Crippen molar-refractivity contribution in [1.29, 1.82) is 0 Å². The molecule has 0 atom stereocenters. The van der Waals surface area contributed by atoms with Gasteiger partial charge in [-0.1, -0.05) is 18.2 Å². The van der Waals surface area contributed by atoms with Crippen LogP contribution in [0.5, 0.6) is 0 Å². The molecule has 5 heterocycles. The molecule has 0 radical (unpaired) electrons. The van der Waals surface area contributed by atoms with Crippen molar-refractivity contribution in [2.24, 2.45) is 0 Å². The van der Waals surface area contributed by atoms with Crippen LogP contribution in [0.25, 0.3) is 39.3 Å². The summed E-state index contributed by atoms with van der Waals surface area (Å²) < 4.78 is 10.7. The highest BCUT2D eigenvalue weighted by atomic mass is 16.4. The van der Waals surface area contributed by atoms with Gasteiger partial charge < -0.3 is 4.42 Å². The van der Waals surface area contributed by atoms with Gasteiger partial charge in [0.05, 0.1) is 17.1 Å². The van der Waals surface area contributed by atoms with E-state index >= 15 is 0 Å². The monoisotopic (exact) mass is 325 g/mol. The van der Waals surface area contributed by atoms with E-state index in [1.165, 1.54) is 5.56 Å². The summed E-state index contributed by atoms with van der Waals surface area (Å²) in [6.45, 7) is 0.802. The second-order valence-electron chi connectivity index (χ2n) is 6.24. The van der Waals surface area contributed by atoms with E-state index in [1.54, 1.807) is 0 Å². The zero-order chi connectivity index (χ0) is 16.4. The third-order valence-corrected chi connectivity index (χ3v) is 4.89. The summed E-state index contributed by atoms with van der Waals surface area (Å²) in [5, 5.41) is 1.14. The van der Waals surface area contributed by atoms with Crippen molar-refractivity contribution in [3.63, 3.8) is 0 Å². The molecule has 1 aliphatic rings. The van der Waals surface area contributed by atoms with Gasteiger partial charge in [-0.15, -0.1) is 4.57 Å². The summed E-state index contributed by atoms with van der Waals surface area (Å²) in [7, 11) is 0. The number of benzene rings is 1. The Morgan fingerprint density at radius 2 is 1.80 bits per heavy atom. The van der Waals surface area contributed by atoms with Crippen LogP contribution < -0.4 is 4.57 Å². The molecule has 118 valence electrons. The second kappa shape index (κ2) is 4.54. The molecular weight excluding hydrogens is 312 g/mol. The number of hydrogen-bond acceptors (Lipinski definition) is 3. The molecule has 0 saturated carbocycles. The number of pyridine rings is 2. The highest BCUT2D eigenvalue weighted by Gasteiger charge is 2.37. The number of hydrogen-bond donors (Lipinski definition) is 0. The highest BCUT2D eigenvalue weighted by Crippen LogP contribution is 2.36. The molecule has 1 aliphatic heterocycles. The number of nitrogens with zero attached hydrogens (tertiary/aromatic N) is 4. The van der Waals surface area contributed by atoms with Crippen LogP contribution in [0.3, 0.4) is 0 Å². The van der Waals surface area contributed by atoms with Gasteiger partial charge in [-0.2, -0.15) is 0 Å². The number of aromatic nitrogens is 4. The fourth-order valence-electron chi connectivity index (χ4n) is 3.81. The molecule has 0 amide bonds. The fraction of sp³-hybridized carbons (Fsp3) is 0.0500. The zero-order valence-electron chi connectivity index (χ0n) is 13.3. The molecular formula is C20H13N4O+. The molecule has 4 aromatic heterocycles. The van der Waals surface area contributed by atoms with E-state index in [0.29, 0.717) is 0 Å². The van der Waals surface area contributed by atoms with Gasteiger partial charge in [-0.3, -0.25) is 14.5 Å². The first-order valence-corrected chi connectivity index (χ1v) is 8.21. The highest BCUT2D eigenvalue weighted by molar-refractivity contribution is 6.03. The largest absolute Gasteiger partial charge is 0.385 e. The van der Waals surface area contributed by atoms with Gasteiger partial charge in [0.1, 0.15) is 5.56 Å². The van der Waals surface area contributed by atoms with E-state index in [0.717, 1.165) is 45.8 Å². The molecule has 0 saturated heterocycles. The van der Waals surface area contributed by atoms with Gasteiger partial charge in [-0.25, -0.2) is 0 Å². The average Bonchev–Trinajstić information content (AvgIpc) is 3.29. The maximum Gasteiger partial charge on any atom is 0.385 e. The Morgan fingerprint density at radius 3 is 2.72 bits per heavy atom. The van der Waals surface area contributed by atoms with Gasteiger partial charge >= 0.3 is 5.89 Å². The maximum absolute atomic E-state index is 6.37. The van der Waals surface area contributed by atoms with Crippen LogP contribution in [0.15, 0.2) is 71.7 Å². The van der Waals surface area contributed by atoms with Crippen molar-refractivity contribution in [2.75, 3.05) is 0 Å². The molecule has 0 fully saturated rings. The van der Waals surface area contributed by atoms with Crippen molar-refractivity contribution < 1.29 is 8.98 Å². The predicted octanol–water partition coefficient (Wildman–Crippen LogP) is 3.48. The Hall–Kier alpha value is -3.47. The number of fused-ring (bicyclic) bond motifs is 7. The Balaban J connectivity index is 1.78. The molecule has 0 aliphatic carbocycles. The van der Waals surface area contributed by atoms with Crippen LogP contribution in [-0.4, -0.2) is 14.5 Å². The molecule has 5 heteroatoms. The summed E-state index contributed by atoms with van der Waals surface area (Å²) in [5.74, 6) is 0.872. The quantitative estimate of drug-likeness (QED) is 0.435. The van der Waals surface area contributed by atoms with Crippen molar-refractivity contribution in [3.05, 3.63) is 72.8 Å². The number of rotatable bonds is 1. The van der Waals surface area contributed by atoms with E-state index < -0.39 is 0 Å². The first-order chi connectivity index (χ1) is 12.4. The summed E-state index contributed by atoms with van der Waals surface area (Å²) in [4.78, 5) is 8.59. The van der Waals surface area contributed by atoms with Crippen LogP contribution in [0.2, 0.25) is 0 Å². The van der Waals surface area contributed by atoms with E-state index in [9.17, 15) is 0 Å². The van der Waals surface area contributed by atoms with Crippen molar-refractivity contribution >= 4 is 22.1 Å². The molecule has 6 rings (SSSR count). The Morgan fingerprint density at radius 1 is 0.960 bits per heavy atom. The summed E-state index contributed by atoms with van der Waals surface area (Å²) in [5.41, 5.74) is 6.37. The lowest BCUT2D eigenvalue weighted by Gasteiger charge is -2.03. The second-order valence-corrected chi connectivity index (χ2v) is 6.24.